The van der Waals surface area contributed by atoms with Gasteiger partial charge < -0.3 is 9.73 Å². The van der Waals surface area contributed by atoms with E-state index in [9.17, 15) is 13.2 Å². The fraction of sp³-hybridized carbons (Fsp3) is 0.414. The third-order valence-corrected chi connectivity index (χ3v) is 8.44. The summed E-state index contributed by atoms with van der Waals surface area (Å²) in [5.74, 6) is 0.772. The highest BCUT2D eigenvalue weighted by Crippen LogP contribution is 2.46. The molecule has 1 amide bonds. The number of aryl methyl sites for hydroxylation is 1. The maximum Gasteiger partial charge on any atom is 0.287 e. The van der Waals surface area contributed by atoms with Crippen LogP contribution in [0, 0.1) is 6.92 Å². The second kappa shape index (κ2) is 9.52. The fourth-order valence-corrected chi connectivity index (χ4v) is 5.51. The zero-order chi connectivity index (χ0) is 26.3. The van der Waals surface area contributed by atoms with E-state index in [1.807, 2.05) is 6.07 Å². The topological polar surface area (TPSA) is 102 Å². The van der Waals surface area contributed by atoms with Gasteiger partial charge in [-0.2, -0.15) is 0 Å². The van der Waals surface area contributed by atoms with Crippen LogP contribution in [0.2, 0.25) is 0 Å². The Kier molecular flexibility index (Phi) is 6.92. The summed E-state index contributed by atoms with van der Waals surface area (Å²) in [7, 11) is -3.71. The van der Waals surface area contributed by atoms with Gasteiger partial charge in [-0.25, -0.2) is 13.6 Å². The maximum atomic E-state index is 12.6. The number of nitrogens with two attached hydrogens (primary N) is 1. The summed E-state index contributed by atoms with van der Waals surface area (Å²) in [5.41, 5.74) is 6.55. The molecule has 0 bridgehead atoms. The molecule has 0 unspecified atom stereocenters. The highest BCUT2D eigenvalue weighted by atomic mass is 32.2. The lowest BCUT2D eigenvalue weighted by atomic mass is 9.62. The molecule has 0 saturated heterocycles. The second-order valence-corrected chi connectivity index (χ2v) is 12.8. The average molecular weight is 509 g/mol. The molecule has 3 aromatic rings. The molecule has 6 nitrogen and oxygen atoms in total. The van der Waals surface area contributed by atoms with Crippen molar-refractivity contribution in [1.29, 1.82) is 0 Å². The Morgan fingerprint density at radius 3 is 2.19 bits per heavy atom. The molecule has 7 heteroatoms. The highest BCUT2D eigenvalue weighted by Gasteiger charge is 2.37. The van der Waals surface area contributed by atoms with Crippen LogP contribution in [0.1, 0.15) is 84.7 Å². The predicted octanol–water partition coefficient (Wildman–Crippen LogP) is 5.15. The van der Waals surface area contributed by atoms with Crippen molar-refractivity contribution in [3.63, 3.8) is 0 Å². The fourth-order valence-electron chi connectivity index (χ4n) is 4.99. The van der Waals surface area contributed by atoms with E-state index in [0.717, 1.165) is 17.7 Å². The van der Waals surface area contributed by atoms with E-state index in [2.05, 4.69) is 52.1 Å². The molecule has 0 aliphatic heterocycles. The predicted molar refractivity (Wildman–Crippen MR) is 142 cm³/mol. The number of hydrogen-bond acceptors (Lipinski definition) is 4. The van der Waals surface area contributed by atoms with Crippen LogP contribution in [-0.2, 0) is 33.7 Å². The number of carbonyl (C=O) groups is 1. The standard InChI is InChI=1S/C29H36N2O4S/c1-19-16-24-25(29(4,5)14-13-28(24,2)3)18-21(19)17-22-8-11-26(35-22)27(32)31-15-12-20-6-9-23(10-7-20)36(30,33)34/h6-11,16,18H,12-15,17H2,1-5H3,(H,31,32)(H2,30,33,34). The van der Waals surface area contributed by atoms with E-state index in [1.54, 1.807) is 18.2 Å². The van der Waals surface area contributed by atoms with E-state index in [0.29, 0.717) is 19.4 Å². The minimum Gasteiger partial charge on any atom is -0.456 e. The number of primary sulfonamides is 1. The second-order valence-electron chi connectivity index (χ2n) is 11.2. The van der Waals surface area contributed by atoms with Crippen LogP contribution in [0.25, 0.3) is 0 Å². The van der Waals surface area contributed by atoms with Crippen LogP contribution < -0.4 is 10.5 Å². The van der Waals surface area contributed by atoms with Crippen LogP contribution in [-0.4, -0.2) is 20.9 Å². The van der Waals surface area contributed by atoms with E-state index in [4.69, 9.17) is 9.56 Å². The van der Waals surface area contributed by atoms with Crippen LogP contribution in [0.4, 0.5) is 0 Å². The first-order chi connectivity index (χ1) is 16.8. The van der Waals surface area contributed by atoms with Gasteiger partial charge in [0.05, 0.1) is 4.90 Å². The molecule has 0 saturated carbocycles. The van der Waals surface area contributed by atoms with Crippen LogP contribution >= 0.6 is 0 Å². The lowest BCUT2D eigenvalue weighted by molar-refractivity contribution is 0.0925. The number of rotatable bonds is 7. The number of furan rings is 1. The summed E-state index contributed by atoms with van der Waals surface area (Å²) in [6, 6.07) is 14.6. The van der Waals surface area contributed by atoms with Gasteiger partial charge in [0.25, 0.3) is 5.91 Å². The summed E-state index contributed by atoms with van der Waals surface area (Å²) < 4.78 is 28.6. The van der Waals surface area contributed by atoms with Crippen LogP contribution in [0.5, 0.6) is 0 Å². The van der Waals surface area contributed by atoms with Gasteiger partial charge in [0, 0.05) is 13.0 Å². The summed E-state index contributed by atoms with van der Waals surface area (Å²) >= 11 is 0. The minimum absolute atomic E-state index is 0.0693. The SMILES string of the molecule is Cc1cc2c(cc1Cc1ccc(C(=O)NCCc3ccc(S(N)(=O)=O)cc3)o1)C(C)(C)CCC2(C)C. The summed E-state index contributed by atoms with van der Waals surface area (Å²) in [5, 5.41) is 7.99. The van der Waals surface area contributed by atoms with Gasteiger partial charge in [0.15, 0.2) is 5.76 Å². The summed E-state index contributed by atoms with van der Waals surface area (Å²) in [4.78, 5) is 12.7. The van der Waals surface area contributed by atoms with Crippen molar-refractivity contribution in [2.24, 2.45) is 5.14 Å². The number of amides is 1. The molecule has 1 heterocycles. The molecule has 1 aliphatic carbocycles. The van der Waals surface area contributed by atoms with Gasteiger partial charge >= 0.3 is 0 Å². The molecule has 0 radical (unpaired) electrons. The lowest BCUT2D eigenvalue weighted by Crippen LogP contribution is -2.34. The van der Waals surface area contributed by atoms with Crippen molar-refractivity contribution in [2.75, 3.05) is 6.54 Å². The molecule has 2 aromatic carbocycles. The molecular formula is C29H36N2O4S. The number of hydrogen-bond donors (Lipinski definition) is 2. The quantitative estimate of drug-likeness (QED) is 0.461. The Hall–Kier alpha value is -2.90. The molecule has 3 N–H and O–H groups in total. The first kappa shape index (κ1) is 26.2. The first-order valence-electron chi connectivity index (χ1n) is 12.4. The zero-order valence-corrected chi connectivity index (χ0v) is 22.6. The molecule has 0 atom stereocenters. The molecule has 0 fully saturated rings. The van der Waals surface area contributed by atoms with Crippen LogP contribution in [0.3, 0.4) is 0 Å². The van der Waals surface area contributed by atoms with Crippen LogP contribution in [0.15, 0.2) is 57.8 Å². The van der Waals surface area contributed by atoms with E-state index in [-0.39, 0.29) is 27.4 Å². The van der Waals surface area contributed by atoms with Crippen molar-refractivity contribution < 1.29 is 17.6 Å². The van der Waals surface area contributed by atoms with Gasteiger partial charge in [0.1, 0.15) is 5.76 Å². The first-order valence-corrected chi connectivity index (χ1v) is 13.9. The Morgan fingerprint density at radius 2 is 1.58 bits per heavy atom. The maximum absolute atomic E-state index is 12.6. The van der Waals surface area contributed by atoms with E-state index < -0.39 is 10.0 Å². The molecule has 1 aromatic heterocycles. The zero-order valence-electron chi connectivity index (χ0n) is 21.8. The number of carbonyl (C=O) groups excluding carboxylic acids is 1. The number of benzene rings is 2. The molecule has 36 heavy (non-hydrogen) atoms. The average Bonchev–Trinajstić information content (AvgIpc) is 3.26. The molecule has 192 valence electrons. The monoisotopic (exact) mass is 508 g/mol. The largest absolute Gasteiger partial charge is 0.456 e. The summed E-state index contributed by atoms with van der Waals surface area (Å²) in [6.45, 7) is 11.9. The van der Waals surface area contributed by atoms with Crippen molar-refractivity contribution in [3.05, 3.63) is 87.9 Å². The Labute approximate surface area is 214 Å². The Bertz CT molecular complexity index is 1380. The Morgan fingerprint density at radius 1 is 0.972 bits per heavy atom. The number of sulfonamides is 1. The van der Waals surface area contributed by atoms with Crippen molar-refractivity contribution >= 4 is 15.9 Å². The van der Waals surface area contributed by atoms with Gasteiger partial charge in [-0.3, -0.25) is 4.79 Å². The van der Waals surface area contributed by atoms with Gasteiger partial charge in [0.2, 0.25) is 10.0 Å². The third-order valence-electron chi connectivity index (χ3n) is 7.51. The third kappa shape index (κ3) is 5.57. The summed E-state index contributed by atoms with van der Waals surface area (Å²) in [6.07, 6.45) is 3.55. The highest BCUT2D eigenvalue weighted by molar-refractivity contribution is 7.89. The molecule has 4 rings (SSSR count). The van der Waals surface area contributed by atoms with Crippen molar-refractivity contribution in [3.8, 4) is 0 Å². The normalized spacial score (nSPS) is 16.4. The van der Waals surface area contributed by atoms with E-state index >= 15 is 0 Å². The smallest absolute Gasteiger partial charge is 0.287 e. The van der Waals surface area contributed by atoms with Crippen molar-refractivity contribution in [2.45, 2.75) is 76.0 Å². The van der Waals surface area contributed by atoms with Gasteiger partial charge in [-0.05, 0) is 89.1 Å². The number of nitrogens with one attached hydrogen (secondary N) is 1. The van der Waals surface area contributed by atoms with Gasteiger partial charge in [-0.15, -0.1) is 0 Å². The Balaban J connectivity index is 1.40. The van der Waals surface area contributed by atoms with Gasteiger partial charge in [-0.1, -0.05) is 52.0 Å². The van der Waals surface area contributed by atoms with E-state index in [1.165, 1.54) is 40.8 Å². The molecular weight excluding hydrogens is 472 g/mol. The van der Waals surface area contributed by atoms with Crippen molar-refractivity contribution in [1.82, 2.24) is 5.32 Å². The molecule has 1 aliphatic rings. The lowest BCUT2D eigenvalue weighted by Gasteiger charge is -2.42. The number of fused-ring (bicyclic) bond motifs is 1. The molecule has 0 spiro atoms. The minimum atomic E-state index is -3.71.